The molecule has 0 aliphatic rings. The zero-order valence-electron chi connectivity index (χ0n) is 9.77. The third-order valence-corrected chi connectivity index (χ3v) is 3.15. The maximum absolute atomic E-state index is 13.4. The summed E-state index contributed by atoms with van der Waals surface area (Å²) < 4.78 is 15.1. The Balaban J connectivity index is 2.20. The fraction of sp³-hybridized carbons (Fsp3) is 0.250. The van der Waals surface area contributed by atoms with Gasteiger partial charge in [-0.15, -0.1) is 0 Å². The van der Waals surface area contributed by atoms with E-state index in [-0.39, 0.29) is 5.82 Å². The van der Waals surface area contributed by atoms with Gasteiger partial charge < -0.3 is 5.32 Å². The molecule has 0 saturated carbocycles. The van der Waals surface area contributed by atoms with Crippen LogP contribution in [0.2, 0.25) is 0 Å². The van der Waals surface area contributed by atoms with Crippen LogP contribution in [0.1, 0.15) is 5.56 Å². The standard InChI is InChI=1S/C12H14FN3S/c1-14-6-9-3-10(13)5-11(4-9)17-12-7-15-16(2)8-12/h3-5,7-8,14H,6H2,1-2H3. The normalized spacial score (nSPS) is 10.8. The highest BCUT2D eigenvalue weighted by molar-refractivity contribution is 7.99. The van der Waals surface area contributed by atoms with Gasteiger partial charge in [0.05, 0.1) is 11.1 Å². The molecule has 0 atom stereocenters. The van der Waals surface area contributed by atoms with Gasteiger partial charge in [0, 0.05) is 24.7 Å². The summed E-state index contributed by atoms with van der Waals surface area (Å²) in [5.74, 6) is -0.204. The fourth-order valence-electron chi connectivity index (χ4n) is 1.57. The molecule has 2 rings (SSSR count). The van der Waals surface area contributed by atoms with E-state index in [1.165, 1.54) is 17.8 Å². The minimum absolute atomic E-state index is 0.204. The number of aryl methyl sites for hydroxylation is 1. The van der Waals surface area contributed by atoms with Gasteiger partial charge in [-0.3, -0.25) is 4.68 Å². The van der Waals surface area contributed by atoms with E-state index >= 15 is 0 Å². The van der Waals surface area contributed by atoms with Crippen LogP contribution in [0.5, 0.6) is 0 Å². The molecule has 0 saturated heterocycles. The van der Waals surface area contributed by atoms with E-state index in [0.717, 1.165) is 15.4 Å². The summed E-state index contributed by atoms with van der Waals surface area (Å²) in [7, 11) is 3.71. The highest BCUT2D eigenvalue weighted by Crippen LogP contribution is 2.28. The Hall–Kier alpha value is -1.33. The van der Waals surface area contributed by atoms with E-state index in [1.807, 2.05) is 26.4 Å². The first-order chi connectivity index (χ1) is 8.17. The van der Waals surface area contributed by atoms with Crippen molar-refractivity contribution in [3.63, 3.8) is 0 Å². The molecular formula is C12H14FN3S. The second-order valence-corrected chi connectivity index (χ2v) is 4.92. The van der Waals surface area contributed by atoms with Crippen LogP contribution in [0.25, 0.3) is 0 Å². The van der Waals surface area contributed by atoms with Crippen LogP contribution in [-0.2, 0) is 13.6 Å². The van der Waals surface area contributed by atoms with E-state index in [0.29, 0.717) is 6.54 Å². The lowest BCUT2D eigenvalue weighted by molar-refractivity contribution is 0.619. The van der Waals surface area contributed by atoms with Gasteiger partial charge in [-0.25, -0.2) is 4.39 Å². The average Bonchev–Trinajstić information content (AvgIpc) is 2.63. The second kappa shape index (κ2) is 5.33. The van der Waals surface area contributed by atoms with Crippen molar-refractivity contribution in [2.75, 3.05) is 7.05 Å². The average molecular weight is 251 g/mol. The molecule has 2 aromatic rings. The van der Waals surface area contributed by atoms with Crippen LogP contribution in [0.15, 0.2) is 40.4 Å². The molecule has 0 bridgehead atoms. The Morgan fingerprint density at radius 3 is 2.82 bits per heavy atom. The Bertz CT molecular complexity index is 510. The van der Waals surface area contributed by atoms with Gasteiger partial charge in [-0.05, 0) is 30.8 Å². The molecule has 0 fully saturated rings. The molecule has 0 aliphatic carbocycles. The molecule has 1 heterocycles. The molecule has 0 aliphatic heterocycles. The SMILES string of the molecule is CNCc1cc(F)cc(Sc2cnn(C)c2)c1. The van der Waals surface area contributed by atoms with Gasteiger partial charge in [0.25, 0.3) is 0 Å². The van der Waals surface area contributed by atoms with E-state index in [2.05, 4.69) is 10.4 Å². The zero-order chi connectivity index (χ0) is 12.3. The summed E-state index contributed by atoms with van der Waals surface area (Å²) in [6, 6.07) is 5.07. The van der Waals surface area contributed by atoms with Crippen molar-refractivity contribution >= 4 is 11.8 Å². The lowest BCUT2D eigenvalue weighted by Gasteiger charge is -2.04. The molecule has 90 valence electrons. The number of halogens is 1. The minimum Gasteiger partial charge on any atom is -0.316 e. The van der Waals surface area contributed by atoms with Crippen molar-refractivity contribution in [3.8, 4) is 0 Å². The fourth-order valence-corrected chi connectivity index (χ4v) is 2.53. The number of rotatable bonds is 4. The number of benzene rings is 1. The molecular weight excluding hydrogens is 237 g/mol. The van der Waals surface area contributed by atoms with Crippen LogP contribution < -0.4 is 5.32 Å². The predicted molar refractivity (Wildman–Crippen MR) is 66.5 cm³/mol. The molecule has 1 N–H and O–H groups in total. The van der Waals surface area contributed by atoms with Crippen molar-refractivity contribution in [2.45, 2.75) is 16.3 Å². The van der Waals surface area contributed by atoms with Crippen LogP contribution in [0.4, 0.5) is 4.39 Å². The molecule has 0 unspecified atom stereocenters. The second-order valence-electron chi connectivity index (χ2n) is 3.78. The molecule has 1 aromatic heterocycles. The van der Waals surface area contributed by atoms with Gasteiger partial charge in [-0.2, -0.15) is 5.10 Å². The first-order valence-electron chi connectivity index (χ1n) is 5.28. The van der Waals surface area contributed by atoms with Crippen LogP contribution in [0, 0.1) is 5.82 Å². The van der Waals surface area contributed by atoms with Gasteiger partial charge in [0.15, 0.2) is 0 Å². The van der Waals surface area contributed by atoms with E-state index in [4.69, 9.17) is 0 Å². The highest BCUT2D eigenvalue weighted by Gasteiger charge is 2.04. The third kappa shape index (κ3) is 3.31. The largest absolute Gasteiger partial charge is 0.316 e. The Labute approximate surface area is 104 Å². The summed E-state index contributed by atoms with van der Waals surface area (Å²) >= 11 is 1.51. The Morgan fingerprint density at radius 1 is 1.35 bits per heavy atom. The van der Waals surface area contributed by atoms with E-state index in [9.17, 15) is 4.39 Å². The number of hydrogen-bond donors (Lipinski definition) is 1. The van der Waals surface area contributed by atoms with Crippen LogP contribution in [-0.4, -0.2) is 16.8 Å². The molecule has 0 radical (unpaired) electrons. The first kappa shape index (κ1) is 12.1. The number of hydrogen-bond acceptors (Lipinski definition) is 3. The number of aromatic nitrogens is 2. The van der Waals surface area contributed by atoms with Crippen molar-refractivity contribution in [1.29, 1.82) is 0 Å². The van der Waals surface area contributed by atoms with Crippen molar-refractivity contribution in [1.82, 2.24) is 15.1 Å². The molecule has 5 heteroatoms. The lowest BCUT2D eigenvalue weighted by atomic mass is 10.2. The van der Waals surface area contributed by atoms with Crippen molar-refractivity contribution in [2.24, 2.45) is 7.05 Å². The lowest BCUT2D eigenvalue weighted by Crippen LogP contribution is -2.05. The topological polar surface area (TPSA) is 29.9 Å². The quantitative estimate of drug-likeness (QED) is 0.905. The number of nitrogens with zero attached hydrogens (tertiary/aromatic N) is 2. The summed E-state index contributed by atoms with van der Waals surface area (Å²) in [5, 5.41) is 7.10. The van der Waals surface area contributed by atoms with E-state index in [1.54, 1.807) is 16.9 Å². The maximum Gasteiger partial charge on any atom is 0.124 e. The first-order valence-corrected chi connectivity index (χ1v) is 6.09. The van der Waals surface area contributed by atoms with Crippen molar-refractivity contribution in [3.05, 3.63) is 42.0 Å². The van der Waals surface area contributed by atoms with Crippen LogP contribution in [0.3, 0.4) is 0 Å². The summed E-state index contributed by atoms with van der Waals surface area (Å²) in [6.45, 7) is 0.665. The molecule has 3 nitrogen and oxygen atoms in total. The monoisotopic (exact) mass is 251 g/mol. The van der Waals surface area contributed by atoms with Gasteiger partial charge in [0.2, 0.25) is 0 Å². The molecule has 17 heavy (non-hydrogen) atoms. The van der Waals surface area contributed by atoms with Crippen molar-refractivity contribution < 1.29 is 4.39 Å². The van der Waals surface area contributed by atoms with Gasteiger partial charge >= 0.3 is 0 Å². The Kier molecular flexibility index (Phi) is 3.81. The van der Waals surface area contributed by atoms with Crippen LogP contribution >= 0.6 is 11.8 Å². The van der Waals surface area contributed by atoms with E-state index < -0.39 is 0 Å². The number of nitrogens with one attached hydrogen (secondary N) is 1. The summed E-state index contributed by atoms with van der Waals surface area (Å²) in [5.41, 5.74) is 0.943. The maximum atomic E-state index is 13.4. The highest BCUT2D eigenvalue weighted by atomic mass is 32.2. The minimum atomic E-state index is -0.204. The smallest absolute Gasteiger partial charge is 0.124 e. The summed E-state index contributed by atoms with van der Waals surface area (Å²) in [4.78, 5) is 1.90. The molecule has 0 amide bonds. The predicted octanol–water partition coefficient (Wildman–Crippen LogP) is 2.43. The summed E-state index contributed by atoms with van der Waals surface area (Å²) in [6.07, 6.45) is 3.68. The third-order valence-electron chi connectivity index (χ3n) is 2.23. The molecule has 1 aromatic carbocycles. The Morgan fingerprint density at radius 2 is 2.18 bits per heavy atom. The zero-order valence-corrected chi connectivity index (χ0v) is 10.6. The van der Waals surface area contributed by atoms with Gasteiger partial charge in [0.1, 0.15) is 5.82 Å². The van der Waals surface area contributed by atoms with Gasteiger partial charge in [-0.1, -0.05) is 11.8 Å². The molecule has 0 spiro atoms.